The summed E-state index contributed by atoms with van der Waals surface area (Å²) >= 11 is 0. The highest BCUT2D eigenvalue weighted by atomic mass is 16.5. The summed E-state index contributed by atoms with van der Waals surface area (Å²) < 4.78 is 16.1. The van der Waals surface area contributed by atoms with Gasteiger partial charge in [0.25, 0.3) is 0 Å². The minimum Gasteiger partial charge on any atom is -0.497 e. The molecule has 0 unspecified atom stereocenters. The van der Waals surface area contributed by atoms with Crippen LogP contribution in [0.25, 0.3) is 0 Å². The van der Waals surface area contributed by atoms with Crippen LogP contribution in [0.3, 0.4) is 0 Å². The highest BCUT2D eigenvalue weighted by Gasteiger charge is 2.11. The molecule has 0 amide bonds. The first kappa shape index (κ1) is 21.8. The minimum atomic E-state index is -0.0781. The SMILES string of the molecule is COc1ccc(C(=O)c2ccc(Oc3ccc(C(=O)c4ccc(OC)cc4)cc3)cc2)cc1. The maximum atomic E-state index is 12.6. The van der Waals surface area contributed by atoms with Crippen molar-refractivity contribution in [3.05, 3.63) is 119 Å². The van der Waals surface area contributed by atoms with Gasteiger partial charge in [-0.3, -0.25) is 9.59 Å². The van der Waals surface area contributed by atoms with E-state index in [0.29, 0.717) is 45.3 Å². The molecule has 4 rings (SSSR count). The fourth-order valence-corrected chi connectivity index (χ4v) is 3.30. The van der Waals surface area contributed by atoms with Crippen molar-refractivity contribution in [1.82, 2.24) is 0 Å². The molecule has 0 aliphatic heterocycles. The van der Waals surface area contributed by atoms with Crippen LogP contribution >= 0.6 is 0 Å². The first-order valence-corrected chi connectivity index (χ1v) is 10.3. The number of ether oxygens (including phenoxy) is 3. The molecule has 0 spiro atoms. The van der Waals surface area contributed by atoms with E-state index in [0.717, 1.165) is 0 Å². The normalized spacial score (nSPS) is 10.4. The van der Waals surface area contributed by atoms with Gasteiger partial charge in [-0.15, -0.1) is 0 Å². The van der Waals surface area contributed by atoms with Gasteiger partial charge in [-0.1, -0.05) is 0 Å². The van der Waals surface area contributed by atoms with E-state index >= 15 is 0 Å². The molecule has 0 aromatic heterocycles. The second kappa shape index (κ2) is 9.83. The predicted octanol–water partition coefficient (Wildman–Crippen LogP) is 5.96. The van der Waals surface area contributed by atoms with E-state index in [4.69, 9.17) is 14.2 Å². The number of carbonyl (C=O) groups excluding carboxylic acids is 2. The van der Waals surface area contributed by atoms with Crippen molar-refractivity contribution in [3.63, 3.8) is 0 Å². The van der Waals surface area contributed by atoms with E-state index in [1.807, 2.05) is 0 Å². The smallest absolute Gasteiger partial charge is 0.193 e. The molecule has 4 aromatic rings. The topological polar surface area (TPSA) is 61.8 Å². The van der Waals surface area contributed by atoms with Crippen LogP contribution in [0.1, 0.15) is 31.8 Å². The lowest BCUT2D eigenvalue weighted by molar-refractivity contribution is 0.103. The highest BCUT2D eigenvalue weighted by molar-refractivity contribution is 6.09. The molecule has 0 N–H and O–H groups in total. The maximum Gasteiger partial charge on any atom is 0.193 e. The summed E-state index contributed by atoms with van der Waals surface area (Å²) in [6.07, 6.45) is 0. The first-order chi connectivity index (χ1) is 16.1. The van der Waals surface area contributed by atoms with Gasteiger partial charge in [-0.2, -0.15) is 0 Å². The predicted molar refractivity (Wildman–Crippen MR) is 126 cm³/mol. The van der Waals surface area contributed by atoms with Crippen LogP contribution < -0.4 is 14.2 Å². The van der Waals surface area contributed by atoms with Crippen LogP contribution in [-0.2, 0) is 0 Å². The van der Waals surface area contributed by atoms with Crippen molar-refractivity contribution in [3.8, 4) is 23.0 Å². The van der Waals surface area contributed by atoms with Crippen molar-refractivity contribution in [2.45, 2.75) is 0 Å². The molecule has 0 aliphatic carbocycles. The molecule has 164 valence electrons. The summed E-state index contributed by atoms with van der Waals surface area (Å²) in [5.41, 5.74) is 2.30. The van der Waals surface area contributed by atoms with Crippen molar-refractivity contribution in [2.24, 2.45) is 0 Å². The Labute approximate surface area is 192 Å². The average molecular weight is 438 g/mol. The fourth-order valence-electron chi connectivity index (χ4n) is 3.30. The molecule has 0 bridgehead atoms. The number of ketones is 2. The van der Waals surface area contributed by atoms with Gasteiger partial charge in [0.1, 0.15) is 23.0 Å². The summed E-state index contributed by atoms with van der Waals surface area (Å²) in [6, 6.07) is 27.9. The number of methoxy groups -OCH3 is 2. The summed E-state index contributed by atoms with van der Waals surface area (Å²) in [4.78, 5) is 25.3. The van der Waals surface area contributed by atoms with Gasteiger partial charge >= 0.3 is 0 Å². The van der Waals surface area contributed by atoms with Crippen LogP contribution in [0.4, 0.5) is 0 Å². The monoisotopic (exact) mass is 438 g/mol. The Hall–Kier alpha value is -4.38. The van der Waals surface area contributed by atoms with Crippen LogP contribution in [0.15, 0.2) is 97.1 Å². The molecule has 0 fully saturated rings. The fraction of sp³-hybridized carbons (Fsp3) is 0.0714. The third-order valence-corrected chi connectivity index (χ3v) is 5.17. The lowest BCUT2D eigenvalue weighted by Gasteiger charge is -2.08. The van der Waals surface area contributed by atoms with E-state index in [1.54, 1.807) is 111 Å². The lowest BCUT2D eigenvalue weighted by Crippen LogP contribution is -2.01. The van der Waals surface area contributed by atoms with E-state index in [9.17, 15) is 9.59 Å². The van der Waals surface area contributed by atoms with Crippen LogP contribution in [-0.4, -0.2) is 25.8 Å². The Balaban J connectivity index is 1.41. The Morgan fingerprint density at radius 1 is 0.424 bits per heavy atom. The zero-order valence-corrected chi connectivity index (χ0v) is 18.3. The van der Waals surface area contributed by atoms with Crippen molar-refractivity contribution >= 4 is 11.6 Å². The molecule has 0 heterocycles. The number of hydrogen-bond donors (Lipinski definition) is 0. The Morgan fingerprint density at radius 2 is 0.667 bits per heavy atom. The molecular weight excluding hydrogens is 416 g/mol. The van der Waals surface area contributed by atoms with Crippen molar-refractivity contribution < 1.29 is 23.8 Å². The van der Waals surface area contributed by atoms with Crippen LogP contribution in [0, 0.1) is 0 Å². The quantitative estimate of drug-likeness (QED) is 0.318. The molecule has 5 heteroatoms. The molecule has 4 aromatic carbocycles. The van der Waals surface area contributed by atoms with Crippen molar-refractivity contribution in [2.75, 3.05) is 14.2 Å². The van der Waals surface area contributed by atoms with E-state index in [1.165, 1.54) is 0 Å². The Morgan fingerprint density at radius 3 is 0.909 bits per heavy atom. The van der Waals surface area contributed by atoms with Gasteiger partial charge in [0, 0.05) is 22.3 Å². The second-order valence-electron chi connectivity index (χ2n) is 7.27. The van der Waals surface area contributed by atoms with Gasteiger partial charge in [-0.05, 0) is 97.1 Å². The Kier molecular flexibility index (Phi) is 6.51. The molecule has 33 heavy (non-hydrogen) atoms. The summed E-state index contributed by atoms with van der Waals surface area (Å²) in [5.74, 6) is 2.43. The molecule has 0 atom stereocenters. The molecule has 0 radical (unpaired) electrons. The van der Waals surface area contributed by atoms with E-state index < -0.39 is 0 Å². The number of hydrogen-bond acceptors (Lipinski definition) is 5. The number of rotatable bonds is 8. The average Bonchev–Trinajstić information content (AvgIpc) is 2.89. The number of carbonyl (C=O) groups is 2. The van der Waals surface area contributed by atoms with Gasteiger partial charge in [-0.25, -0.2) is 0 Å². The van der Waals surface area contributed by atoms with Crippen LogP contribution in [0.5, 0.6) is 23.0 Å². The molecule has 0 saturated heterocycles. The van der Waals surface area contributed by atoms with E-state index in [-0.39, 0.29) is 11.6 Å². The third kappa shape index (κ3) is 5.10. The third-order valence-electron chi connectivity index (χ3n) is 5.17. The first-order valence-electron chi connectivity index (χ1n) is 10.3. The molecule has 0 saturated carbocycles. The van der Waals surface area contributed by atoms with Gasteiger partial charge < -0.3 is 14.2 Å². The van der Waals surface area contributed by atoms with Crippen LogP contribution in [0.2, 0.25) is 0 Å². The van der Waals surface area contributed by atoms with Crippen molar-refractivity contribution in [1.29, 1.82) is 0 Å². The minimum absolute atomic E-state index is 0.0781. The standard InChI is InChI=1S/C28H22O5/c1-31-23-11-3-19(4-12-23)27(29)21-7-15-25(16-8-21)33-26-17-9-22(10-18-26)28(30)20-5-13-24(32-2)14-6-20/h3-18H,1-2H3. The molecule has 5 nitrogen and oxygen atoms in total. The number of benzene rings is 4. The molecular formula is C28H22O5. The van der Waals surface area contributed by atoms with Gasteiger partial charge in [0.05, 0.1) is 14.2 Å². The maximum absolute atomic E-state index is 12.6. The molecule has 0 aliphatic rings. The lowest BCUT2D eigenvalue weighted by atomic mass is 10.0. The van der Waals surface area contributed by atoms with Gasteiger partial charge in [0.15, 0.2) is 11.6 Å². The Bertz CT molecular complexity index is 1140. The zero-order chi connectivity index (χ0) is 23.2. The summed E-state index contributed by atoms with van der Waals surface area (Å²) in [7, 11) is 3.17. The zero-order valence-electron chi connectivity index (χ0n) is 18.3. The summed E-state index contributed by atoms with van der Waals surface area (Å²) in [6.45, 7) is 0. The van der Waals surface area contributed by atoms with E-state index in [2.05, 4.69) is 0 Å². The largest absolute Gasteiger partial charge is 0.497 e. The summed E-state index contributed by atoms with van der Waals surface area (Å²) in [5, 5.41) is 0. The van der Waals surface area contributed by atoms with Gasteiger partial charge in [0.2, 0.25) is 0 Å². The second-order valence-corrected chi connectivity index (χ2v) is 7.27. The highest BCUT2D eigenvalue weighted by Crippen LogP contribution is 2.24.